The van der Waals surface area contributed by atoms with Crippen LogP contribution in [-0.4, -0.2) is 0 Å². The summed E-state index contributed by atoms with van der Waals surface area (Å²) in [5, 5.41) is 6.97. The first-order valence-corrected chi connectivity index (χ1v) is 20.4. The van der Waals surface area contributed by atoms with Crippen molar-refractivity contribution in [3.05, 3.63) is 216 Å². The Morgan fingerprint density at radius 3 is 1.64 bits per heavy atom. The van der Waals surface area contributed by atoms with Crippen LogP contribution in [0.15, 0.2) is 199 Å². The Morgan fingerprint density at radius 1 is 0.305 bits per heavy atom. The molecule has 59 heavy (non-hydrogen) atoms. The van der Waals surface area contributed by atoms with Crippen LogP contribution in [0, 0.1) is 0 Å². The number of rotatable bonds is 2. The van der Waals surface area contributed by atoms with E-state index in [1.165, 1.54) is 77.4 Å². The highest BCUT2D eigenvalue weighted by Gasteiger charge is 2.51. The van der Waals surface area contributed by atoms with Crippen molar-refractivity contribution in [3.63, 3.8) is 0 Å². The van der Waals surface area contributed by atoms with Crippen LogP contribution in [0.3, 0.4) is 0 Å². The molecule has 0 bridgehead atoms. The molecule has 1 aromatic heterocycles. The number of benzene rings is 10. The second-order valence-electron chi connectivity index (χ2n) is 16.3. The molecule has 2 heterocycles. The summed E-state index contributed by atoms with van der Waals surface area (Å²) in [5.41, 5.74) is 19.0. The lowest BCUT2D eigenvalue weighted by Crippen LogP contribution is -2.25. The lowest BCUT2D eigenvalue weighted by atomic mass is 9.70. The van der Waals surface area contributed by atoms with Crippen LogP contribution in [0.25, 0.3) is 99.1 Å². The molecule has 1 aliphatic heterocycles. The van der Waals surface area contributed by atoms with Gasteiger partial charge in [0.25, 0.3) is 0 Å². The van der Waals surface area contributed by atoms with Crippen LogP contribution in [0.1, 0.15) is 22.3 Å². The molecule has 14 rings (SSSR count). The molecule has 0 fully saturated rings. The van der Waals surface area contributed by atoms with E-state index in [1.807, 2.05) is 0 Å². The predicted octanol–water partition coefficient (Wildman–Crippen LogP) is 15.3. The zero-order chi connectivity index (χ0) is 38.4. The Bertz CT molecular complexity index is 3590. The number of hydrogen-bond donors (Lipinski definition) is 0. The number of ether oxygens (including phenoxy) is 1. The number of furan rings is 1. The summed E-state index contributed by atoms with van der Waals surface area (Å²) in [5.74, 6) is 1.76. The summed E-state index contributed by atoms with van der Waals surface area (Å²) in [6.07, 6.45) is 0. The highest BCUT2D eigenvalue weighted by Crippen LogP contribution is 2.63. The van der Waals surface area contributed by atoms with Gasteiger partial charge in [-0.25, -0.2) is 0 Å². The van der Waals surface area contributed by atoms with E-state index < -0.39 is 5.41 Å². The van der Waals surface area contributed by atoms with Gasteiger partial charge in [-0.1, -0.05) is 152 Å². The Morgan fingerprint density at radius 2 is 0.881 bits per heavy atom. The minimum Gasteiger partial charge on any atom is -0.456 e. The van der Waals surface area contributed by atoms with Crippen LogP contribution in [0.2, 0.25) is 0 Å². The first kappa shape index (κ1) is 31.4. The highest BCUT2D eigenvalue weighted by molar-refractivity contribution is 6.16. The molecule has 0 atom stereocenters. The van der Waals surface area contributed by atoms with Gasteiger partial charge in [-0.05, 0) is 131 Å². The van der Waals surface area contributed by atoms with Crippen LogP contribution in [0.5, 0.6) is 11.5 Å². The van der Waals surface area contributed by atoms with Gasteiger partial charge in [0.05, 0.1) is 5.41 Å². The van der Waals surface area contributed by atoms with E-state index in [2.05, 4.69) is 194 Å². The summed E-state index contributed by atoms with van der Waals surface area (Å²) in [6, 6.07) is 71.3. The van der Waals surface area contributed by atoms with Crippen molar-refractivity contribution in [2.45, 2.75) is 5.41 Å². The van der Waals surface area contributed by atoms with E-state index in [0.29, 0.717) is 0 Å². The third kappa shape index (κ3) is 4.00. The third-order valence-electron chi connectivity index (χ3n) is 13.5. The molecule has 2 aliphatic carbocycles. The molecule has 1 spiro atoms. The van der Waals surface area contributed by atoms with E-state index >= 15 is 0 Å². The van der Waals surface area contributed by atoms with Gasteiger partial charge in [-0.2, -0.15) is 0 Å². The van der Waals surface area contributed by atoms with Gasteiger partial charge in [0, 0.05) is 21.7 Å². The van der Waals surface area contributed by atoms with Crippen LogP contribution in [-0.2, 0) is 5.41 Å². The lowest BCUT2D eigenvalue weighted by molar-refractivity contribution is 0.487. The van der Waals surface area contributed by atoms with Gasteiger partial charge in [0.15, 0.2) is 0 Å². The van der Waals surface area contributed by atoms with Gasteiger partial charge in [-0.3, -0.25) is 0 Å². The second-order valence-corrected chi connectivity index (χ2v) is 16.3. The second kappa shape index (κ2) is 11.2. The first-order chi connectivity index (χ1) is 29.2. The molecule has 3 aliphatic rings. The molecule has 0 N–H and O–H groups in total. The van der Waals surface area contributed by atoms with Gasteiger partial charge in [-0.15, -0.1) is 0 Å². The van der Waals surface area contributed by atoms with E-state index in [4.69, 9.17) is 9.15 Å². The minimum atomic E-state index is -0.393. The molecule has 10 aromatic carbocycles. The smallest absolute Gasteiger partial charge is 0.136 e. The molecule has 2 heteroatoms. The van der Waals surface area contributed by atoms with E-state index in [-0.39, 0.29) is 0 Å². The Balaban J connectivity index is 0.954. The minimum absolute atomic E-state index is 0.393. The zero-order valence-electron chi connectivity index (χ0n) is 31.8. The SMILES string of the molecule is c1ccc2c(c1)-c1ccccc1C21c2ccccc2-c2ccc(-c3ccc4c5c(cccc35)-c3cc(-c5cccc6oc7cc8ccccc8cc7c56)ccc3O4)cc21. The van der Waals surface area contributed by atoms with E-state index in [9.17, 15) is 0 Å². The van der Waals surface area contributed by atoms with Gasteiger partial charge in [0.2, 0.25) is 0 Å². The Kier molecular flexibility index (Phi) is 5.99. The van der Waals surface area contributed by atoms with Crippen molar-refractivity contribution in [1.82, 2.24) is 0 Å². The van der Waals surface area contributed by atoms with Gasteiger partial charge in [0.1, 0.15) is 22.7 Å². The maximum atomic E-state index is 6.77. The summed E-state index contributed by atoms with van der Waals surface area (Å²) in [7, 11) is 0. The zero-order valence-corrected chi connectivity index (χ0v) is 31.8. The summed E-state index contributed by atoms with van der Waals surface area (Å²) >= 11 is 0. The van der Waals surface area contributed by atoms with Crippen molar-refractivity contribution in [3.8, 4) is 67.1 Å². The standard InChI is InChI=1S/C57H32O2/c1-2-12-34-32-54-46(29-33(34)11-1)55-38(16-10-22-52(55)59-54)35-24-27-51-45(30-35)44-18-9-17-43-37(26-28-53(58-51)56(43)44)36-23-25-42-41-15-5-8-21-49(41)57(50(42)31-36)47-19-6-3-13-39(47)40-14-4-7-20-48(40)57/h1-32H. The monoisotopic (exact) mass is 748 g/mol. The average molecular weight is 749 g/mol. The molecule has 0 saturated carbocycles. The van der Waals surface area contributed by atoms with Gasteiger partial charge >= 0.3 is 0 Å². The van der Waals surface area contributed by atoms with Crippen LogP contribution in [0.4, 0.5) is 0 Å². The third-order valence-corrected chi connectivity index (χ3v) is 13.5. The predicted molar refractivity (Wildman–Crippen MR) is 241 cm³/mol. The maximum Gasteiger partial charge on any atom is 0.136 e. The molecule has 0 amide bonds. The first-order valence-electron chi connectivity index (χ1n) is 20.4. The van der Waals surface area contributed by atoms with Crippen LogP contribution < -0.4 is 4.74 Å². The molecule has 2 nitrogen and oxygen atoms in total. The molecule has 11 aromatic rings. The maximum absolute atomic E-state index is 6.77. The van der Waals surface area contributed by atoms with Crippen molar-refractivity contribution in [2.24, 2.45) is 0 Å². The van der Waals surface area contributed by atoms with E-state index in [0.717, 1.165) is 55.5 Å². The fourth-order valence-electron chi connectivity index (χ4n) is 11.1. The lowest BCUT2D eigenvalue weighted by Gasteiger charge is -2.30. The normalized spacial score (nSPS) is 13.7. The summed E-state index contributed by atoms with van der Waals surface area (Å²) < 4.78 is 13.2. The number of hydrogen-bond acceptors (Lipinski definition) is 2. The van der Waals surface area contributed by atoms with Crippen LogP contribution >= 0.6 is 0 Å². The highest BCUT2D eigenvalue weighted by atomic mass is 16.5. The summed E-state index contributed by atoms with van der Waals surface area (Å²) in [6.45, 7) is 0. The van der Waals surface area contributed by atoms with Gasteiger partial charge < -0.3 is 9.15 Å². The molecular formula is C57H32O2. The largest absolute Gasteiger partial charge is 0.456 e. The van der Waals surface area contributed by atoms with Crippen molar-refractivity contribution in [1.29, 1.82) is 0 Å². The summed E-state index contributed by atoms with van der Waals surface area (Å²) in [4.78, 5) is 0. The molecule has 0 radical (unpaired) electrons. The topological polar surface area (TPSA) is 22.4 Å². The molecule has 272 valence electrons. The van der Waals surface area contributed by atoms with E-state index in [1.54, 1.807) is 0 Å². The Labute approximate surface area is 340 Å². The molecule has 0 saturated heterocycles. The molecule has 0 unspecified atom stereocenters. The fourth-order valence-corrected chi connectivity index (χ4v) is 11.1. The van der Waals surface area contributed by atoms with Crippen molar-refractivity contribution < 1.29 is 9.15 Å². The van der Waals surface area contributed by atoms with Crippen molar-refractivity contribution >= 4 is 43.5 Å². The fraction of sp³-hybridized carbons (Fsp3) is 0.0175. The quantitative estimate of drug-likeness (QED) is 0.176. The van der Waals surface area contributed by atoms with Crippen molar-refractivity contribution in [2.75, 3.05) is 0 Å². The molecular weight excluding hydrogens is 717 g/mol. The average Bonchev–Trinajstić information content (AvgIpc) is 3.92. The number of fused-ring (bicyclic) bond motifs is 16. The Hall–Kier alpha value is -7.68.